The third kappa shape index (κ3) is 1.45. The van der Waals surface area contributed by atoms with E-state index in [-0.39, 0.29) is 6.10 Å². The minimum Gasteiger partial charge on any atom is -0.468 e. The van der Waals surface area contributed by atoms with Crippen LogP contribution in [0.15, 0.2) is 6.33 Å². The van der Waals surface area contributed by atoms with Crippen LogP contribution in [0, 0.1) is 0 Å². The van der Waals surface area contributed by atoms with E-state index in [0.29, 0.717) is 36.2 Å². The van der Waals surface area contributed by atoms with Crippen LogP contribution in [0.5, 0.6) is 5.88 Å². The summed E-state index contributed by atoms with van der Waals surface area (Å²) in [6.07, 6.45) is 1.65. The Bertz CT molecular complexity index is 508. The Morgan fingerprint density at radius 2 is 2.38 bits per heavy atom. The van der Waals surface area contributed by atoms with Crippen LogP contribution in [-0.4, -0.2) is 46.3 Å². The van der Waals surface area contributed by atoms with Crippen molar-refractivity contribution in [2.24, 2.45) is 0 Å². The molecule has 2 aromatic heterocycles. The van der Waals surface area contributed by atoms with Crippen molar-refractivity contribution in [1.82, 2.24) is 19.9 Å². The van der Waals surface area contributed by atoms with Gasteiger partial charge in [0.05, 0.1) is 19.5 Å². The van der Waals surface area contributed by atoms with Gasteiger partial charge in [0, 0.05) is 7.05 Å². The maximum absolute atomic E-state index is 5.68. The molecule has 0 spiro atoms. The second-order valence-electron chi connectivity index (χ2n) is 3.48. The SMILES string of the molecule is CNc1nc(OC2COC2)c2[nH]cnc2n1. The van der Waals surface area contributed by atoms with Crippen LogP contribution in [0.1, 0.15) is 0 Å². The van der Waals surface area contributed by atoms with Gasteiger partial charge >= 0.3 is 0 Å². The summed E-state index contributed by atoms with van der Waals surface area (Å²) in [7, 11) is 1.75. The zero-order valence-corrected chi connectivity index (χ0v) is 8.73. The van der Waals surface area contributed by atoms with Crippen molar-refractivity contribution in [2.45, 2.75) is 6.10 Å². The summed E-state index contributed by atoms with van der Waals surface area (Å²) in [6.45, 7) is 1.21. The molecular formula is C9H11N5O2. The third-order valence-electron chi connectivity index (χ3n) is 2.36. The zero-order chi connectivity index (χ0) is 11.0. The lowest BCUT2D eigenvalue weighted by Crippen LogP contribution is -2.38. The maximum atomic E-state index is 5.68. The summed E-state index contributed by atoms with van der Waals surface area (Å²) in [5.41, 5.74) is 1.31. The fourth-order valence-electron chi connectivity index (χ4n) is 1.44. The molecule has 3 heterocycles. The Kier molecular flexibility index (Phi) is 2.10. The van der Waals surface area contributed by atoms with E-state index in [2.05, 4.69) is 25.3 Å². The number of hydrogen-bond acceptors (Lipinski definition) is 6. The Morgan fingerprint density at radius 1 is 1.50 bits per heavy atom. The molecular weight excluding hydrogens is 210 g/mol. The number of aromatic amines is 1. The topological polar surface area (TPSA) is 85.0 Å². The van der Waals surface area contributed by atoms with Gasteiger partial charge in [-0.3, -0.25) is 0 Å². The molecule has 1 fully saturated rings. The lowest BCUT2D eigenvalue weighted by atomic mass is 10.3. The molecule has 1 aliphatic rings. The van der Waals surface area contributed by atoms with E-state index in [9.17, 15) is 0 Å². The van der Waals surface area contributed by atoms with Crippen LogP contribution in [-0.2, 0) is 4.74 Å². The molecule has 2 N–H and O–H groups in total. The van der Waals surface area contributed by atoms with E-state index in [1.54, 1.807) is 13.4 Å². The van der Waals surface area contributed by atoms with Gasteiger partial charge in [0.1, 0.15) is 11.6 Å². The molecule has 1 saturated heterocycles. The minimum atomic E-state index is 0.0751. The molecule has 0 aromatic carbocycles. The van der Waals surface area contributed by atoms with Crippen LogP contribution >= 0.6 is 0 Å². The van der Waals surface area contributed by atoms with Crippen molar-refractivity contribution in [2.75, 3.05) is 25.6 Å². The molecule has 0 radical (unpaired) electrons. The molecule has 0 aliphatic carbocycles. The lowest BCUT2D eigenvalue weighted by Gasteiger charge is -2.26. The summed E-state index contributed by atoms with van der Waals surface area (Å²) in [5, 5.41) is 2.87. The van der Waals surface area contributed by atoms with Gasteiger partial charge in [-0.05, 0) is 0 Å². The first-order valence-electron chi connectivity index (χ1n) is 5.00. The molecule has 16 heavy (non-hydrogen) atoms. The molecule has 7 heteroatoms. The number of nitrogens with zero attached hydrogens (tertiary/aromatic N) is 3. The fourth-order valence-corrected chi connectivity index (χ4v) is 1.44. The average Bonchev–Trinajstić information content (AvgIpc) is 2.70. The second kappa shape index (κ2) is 3.60. The number of H-pyrrole nitrogens is 1. The van der Waals surface area contributed by atoms with Gasteiger partial charge in [-0.1, -0.05) is 0 Å². The van der Waals surface area contributed by atoms with E-state index < -0.39 is 0 Å². The van der Waals surface area contributed by atoms with Gasteiger partial charge in [-0.25, -0.2) is 4.98 Å². The van der Waals surface area contributed by atoms with Gasteiger partial charge in [-0.15, -0.1) is 0 Å². The minimum absolute atomic E-state index is 0.0751. The number of aromatic nitrogens is 4. The molecule has 7 nitrogen and oxygen atoms in total. The van der Waals surface area contributed by atoms with E-state index >= 15 is 0 Å². The highest BCUT2D eigenvalue weighted by Gasteiger charge is 2.22. The van der Waals surface area contributed by atoms with Gasteiger partial charge in [-0.2, -0.15) is 9.97 Å². The highest BCUT2D eigenvalue weighted by atomic mass is 16.6. The second-order valence-corrected chi connectivity index (χ2v) is 3.48. The Hall–Kier alpha value is -1.89. The summed E-state index contributed by atoms with van der Waals surface area (Å²) >= 11 is 0. The molecule has 84 valence electrons. The quantitative estimate of drug-likeness (QED) is 0.768. The number of ether oxygens (including phenoxy) is 2. The van der Waals surface area contributed by atoms with Crippen molar-refractivity contribution in [3.8, 4) is 5.88 Å². The van der Waals surface area contributed by atoms with Crippen molar-refractivity contribution < 1.29 is 9.47 Å². The first-order chi connectivity index (χ1) is 7.86. The van der Waals surface area contributed by atoms with Gasteiger partial charge in [0.25, 0.3) is 0 Å². The smallest absolute Gasteiger partial charge is 0.245 e. The van der Waals surface area contributed by atoms with Crippen molar-refractivity contribution in [3.05, 3.63) is 6.33 Å². The van der Waals surface area contributed by atoms with Crippen LogP contribution in [0.25, 0.3) is 11.2 Å². The van der Waals surface area contributed by atoms with Gasteiger partial charge in [0.2, 0.25) is 11.8 Å². The van der Waals surface area contributed by atoms with Crippen LogP contribution in [0.2, 0.25) is 0 Å². The number of anilines is 1. The molecule has 2 aromatic rings. The lowest BCUT2D eigenvalue weighted by molar-refractivity contribution is -0.0807. The number of rotatable bonds is 3. The predicted octanol–water partition coefficient (Wildman–Crippen LogP) is 0.172. The maximum Gasteiger partial charge on any atom is 0.245 e. The van der Waals surface area contributed by atoms with Gasteiger partial charge < -0.3 is 19.8 Å². The van der Waals surface area contributed by atoms with E-state index in [4.69, 9.17) is 9.47 Å². The van der Waals surface area contributed by atoms with Crippen molar-refractivity contribution in [3.63, 3.8) is 0 Å². The Morgan fingerprint density at radius 3 is 3.06 bits per heavy atom. The Labute approximate surface area is 91.2 Å². The van der Waals surface area contributed by atoms with Crippen molar-refractivity contribution >= 4 is 17.1 Å². The fraction of sp³-hybridized carbons (Fsp3) is 0.444. The number of hydrogen-bond donors (Lipinski definition) is 2. The third-order valence-corrected chi connectivity index (χ3v) is 2.36. The standard InChI is InChI=1S/C9H11N5O2/c1-10-9-13-7-6(11-4-12-7)8(14-9)16-5-2-15-3-5/h4-5H,2-3H2,1H3,(H2,10,11,12,13,14). The largest absolute Gasteiger partial charge is 0.468 e. The van der Waals surface area contributed by atoms with E-state index in [1.807, 2.05) is 0 Å². The number of nitrogens with one attached hydrogen (secondary N) is 2. The van der Waals surface area contributed by atoms with E-state index in [0.717, 1.165) is 0 Å². The summed E-state index contributed by atoms with van der Waals surface area (Å²) in [5.74, 6) is 1.01. The normalized spacial score (nSPS) is 16.1. The monoisotopic (exact) mass is 221 g/mol. The number of fused-ring (bicyclic) bond motifs is 1. The summed E-state index contributed by atoms with van der Waals surface area (Å²) in [4.78, 5) is 15.5. The van der Waals surface area contributed by atoms with E-state index in [1.165, 1.54) is 0 Å². The highest BCUT2D eigenvalue weighted by molar-refractivity contribution is 5.76. The van der Waals surface area contributed by atoms with Crippen LogP contribution < -0.4 is 10.1 Å². The predicted molar refractivity (Wildman–Crippen MR) is 56.5 cm³/mol. The molecule has 0 unspecified atom stereocenters. The molecule has 1 aliphatic heterocycles. The molecule has 3 rings (SSSR count). The molecule has 0 bridgehead atoms. The molecule has 0 saturated carbocycles. The zero-order valence-electron chi connectivity index (χ0n) is 8.73. The van der Waals surface area contributed by atoms with Crippen LogP contribution in [0.3, 0.4) is 0 Å². The Balaban J connectivity index is 2.01. The number of imidazole rings is 1. The van der Waals surface area contributed by atoms with Crippen molar-refractivity contribution in [1.29, 1.82) is 0 Å². The first-order valence-corrected chi connectivity index (χ1v) is 5.00. The molecule has 0 atom stereocenters. The first kappa shape index (κ1) is 9.34. The summed E-state index contributed by atoms with van der Waals surface area (Å²) in [6, 6.07) is 0. The summed E-state index contributed by atoms with van der Waals surface area (Å²) < 4.78 is 10.7. The highest BCUT2D eigenvalue weighted by Crippen LogP contribution is 2.23. The van der Waals surface area contributed by atoms with Crippen LogP contribution in [0.4, 0.5) is 5.95 Å². The average molecular weight is 221 g/mol. The van der Waals surface area contributed by atoms with Gasteiger partial charge in [0.15, 0.2) is 5.65 Å². The molecule has 0 amide bonds.